The Morgan fingerprint density at radius 3 is 2.78 bits per heavy atom. The molecule has 1 aromatic carbocycles. The van der Waals surface area contributed by atoms with Crippen LogP contribution in [0.15, 0.2) is 22.7 Å². The first-order chi connectivity index (χ1) is 8.58. The second-order valence-corrected chi connectivity index (χ2v) is 4.33. The van der Waals surface area contributed by atoms with Crippen LogP contribution in [0.3, 0.4) is 0 Å². The van der Waals surface area contributed by atoms with Gasteiger partial charge in [0.15, 0.2) is 0 Å². The summed E-state index contributed by atoms with van der Waals surface area (Å²) in [5, 5.41) is 2.72. The molecular weight excluding hydrogens is 326 g/mol. The molecule has 1 aromatic heterocycles. The third kappa shape index (κ3) is 3.05. The fourth-order valence-electron chi connectivity index (χ4n) is 1.15. The summed E-state index contributed by atoms with van der Waals surface area (Å²) in [4.78, 5) is 11.6. The highest BCUT2D eigenvalue weighted by Gasteiger charge is 2.09. The quantitative estimate of drug-likeness (QED) is 0.934. The molecule has 0 saturated carbocycles. The van der Waals surface area contributed by atoms with Crippen molar-refractivity contribution in [2.24, 2.45) is 0 Å². The number of rotatable bonds is 3. The monoisotopic (exact) mass is 332 g/mol. The zero-order chi connectivity index (χ0) is 13.1. The Kier molecular flexibility index (Phi) is 3.93. The molecule has 5 nitrogen and oxygen atoms in total. The van der Waals surface area contributed by atoms with Crippen molar-refractivity contribution in [3.8, 4) is 11.8 Å². The highest BCUT2D eigenvalue weighted by Crippen LogP contribution is 2.29. The Bertz CT molecular complexity index is 584. The molecule has 1 N–H and O–H groups in total. The van der Waals surface area contributed by atoms with Crippen LogP contribution in [0.4, 0.5) is 10.3 Å². The van der Waals surface area contributed by atoms with E-state index in [1.54, 1.807) is 7.05 Å². The second-order valence-electron chi connectivity index (χ2n) is 3.14. The number of benzene rings is 1. The van der Waals surface area contributed by atoms with E-state index in [1.165, 1.54) is 18.2 Å². The van der Waals surface area contributed by atoms with Crippen LogP contribution in [0, 0.1) is 5.82 Å². The van der Waals surface area contributed by atoms with Crippen molar-refractivity contribution >= 4 is 33.5 Å². The van der Waals surface area contributed by atoms with Crippen molar-refractivity contribution in [2.75, 3.05) is 12.4 Å². The Morgan fingerprint density at radius 1 is 1.33 bits per heavy atom. The number of nitrogens with zero attached hydrogens (tertiary/aromatic N) is 3. The first-order valence-corrected chi connectivity index (χ1v) is 5.98. The number of ether oxygens (including phenoxy) is 1. The minimum absolute atomic E-state index is 0.00239. The molecule has 0 radical (unpaired) electrons. The summed E-state index contributed by atoms with van der Waals surface area (Å²) in [6.45, 7) is 0. The highest BCUT2D eigenvalue weighted by molar-refractivity contribution is 9.10. The first-order valence-electron chi connectivity index (χ1n) is 4.80. The summed E-state index contributed by atoms with van der Waals surface area (Å²) in [6.07, 6.45) is 0. The van der Waals surface area contributed by atoms with Gasteiger partial charge in [0, 0.05) is 7.05 Å². The molecule has 0 unspecified atom stereocenters. The van der Waals surface area contributed by atoms with Crippen LogP contribution in [-0.2, 0) is 0 Å². The topological polar surface area (TPSA) is 59.9 Å². The van der Waals surface area contributed by atoms with E-state index in [2.05, 4.69) is 36.2 Å². The van der Waals surface area contributed by atoms with Gasteiger partial charge in [0.25, 0.3) is 0 Å². The molecular formula is C10H7BrClFN4O. The lowest BCUT2D eigenvalue weighted by Gasteiger charge is -2.07. The van der Waals surface area contributed by atoms with Gasteiger partial charge in [-0.1, -0.05) is 0 Å². The van der Waals surface area contributed by atoms with Crippen molar-refractivity contribution in [1.29, 1.82) is 0 Å². The molecule has 0 aliphatic rings. The van der Waals surface area contributed by atoms with E-state index < -0.39 is 0 Å². The third-order valence-electron chi connectivity index (χ3n) is 1.91. The van der Waals surface area contributed by atoms with Gasteiger partial charge in [-0.15, -0.1) is 0 Å². The number of hydrogen-bond acceptors (Lipinski definition) is 5. The van der Waals surface area contributed by atoms with Gasteiger partial charge in [0.05, 0.1) is 4.47 Å². The maximum atomic E-state index is 12.9. The minimum atomic E-state index is -0.376. The van der Waals surface area contributed by atoms with Crippen molar-refractivity contribution in [1.82, 2.24) is 15.0 Å². The zero-order valence-corrected chi connectivity index (χ0v) is 11.5. The maximum absolute atomic E-state index is 12.9. The molecule has 2 aromatic rings. The molecule has 8 heteroatoms. The molecule has 1 heterocycles. The number of hydrogen-bond donors (Lipinski definition) is 1. The van der Waals surface area contributed by atoms with E-state index in [-0.39, 0.29) is 23.1 Å². The highest BCUT2D eigenvalue weighted by atomic mass is 79.9. The maximum Gasteiger partial charge on any atom is 0.328 e. The standard InChI is InChI=1S/C10H7BrClFN4O/c1-14-9-15-8(12)16-10(17-9)18-7-3-2-5(13)4-6(7)11/h2-4H,1H3,(H,14,15,16,17). The van der Waals surface area contributed by atoms with Gasteiger partial charge in [-0.05, 0) is 45.7 Å². The van der Waals surface area contributed by atoms with Gasteiger partial charge in [-0.3, -0.25) is 0 Å². The average molecular weight is 334 g/mol. The summed E-state index contributed by atoms with van der Waals surface area (Å²) in [5.41, 5.74) is 0. The summed E-state index contributed by atoms with van der Waals surface area (Å²) in [7, 11) is 1.64. The van der Waals surface area contributed by atoms with Crippen LogP contribution < -0.4 is 10.1 Å². The summed E-state index contributed by atoms with van der Waals surface area (Å²) in [5.74, 6) is 0.280. The van der Waals surface area contributed by atoms with Gasteiger partial charge in [0.2, 0.25) is 11.2 Å². The predicted octanol–water partition coefficient (Wildman–Crippen LogP) is 3.26. The lowest BCUT2D eigenvalue weighted by molar-refractivity contribution is 0.436. The Morgan fingerprint density at radius 2 is 2.11 bits per heavy atom. The Balaban J connectivity index is 2.30. The summed E-state index contributed by atoms with van der Waals surface area (Å²) in [6, 6.07) is 4.02. The lowest BCUT2D eigenvalue weighted by Crippen LogP contribution is -2.01. The van der Waals surface area contributed by atoms with E-state index in [0.717, 1.165) is 0 Å². The molecule has 0 fully saturated rings. The first kappa shape index (κ1) is 13.0. The molecule has 2 rings (SSSR count). The van der Waals surface area contributed by atoms with E-state index in [1.807, 2.05) is 0 Å². The van der Waals surface area contributed by atoms with Crippen LogP contribution in [0.25, 0.3) is 0 Å². The van der Waals surface area contributed by atoms with E-state index in [4.69, 9.17) is 16.3 Å². The number of anilines is 1. The fraction of sp³-hybridized carbons (Fsp3) is 0.100. The molecule has 0 aliphatic carbocycles. The van der Waals surface area contributed by atoms with Gasteiger partial charge in [-0.2, -0.15) is 15.0 Å². The number of halogens is 3. The molecule has 0 amide bonds. The van der Waals surface area contributed by atoms with Crippen LogP contribution in [-0.4, -0.2) is 22.0 Å². The van der Waals surface area contributed by atoms with Crippen molar-refractivity contribution < 1.29 is 9.13 Å². The molecule has 94 valence electrons. The van der Waals surface area contributed by atoms with Gasteiger partial charge in [-0.25, -0.2) is 4.39 Å². The van der Waals surface area contributed by atoms with Crippen LogP contribution in [0.1, 0.15) is 0 Å². The predicted molar refractivity (Wildman–Crippen MR) is 68.6 cm³/mol. The van der Waals surface area contributed by atoms with Gasteiger partial charge in [0.1, 0.15) is 11.6 Å². The SMILES string of the molecule is CNc1nc(Cl)nc(Oc2ccc(F)cc2Br)n1. The Hall–Kier alpha value is -1.47. The second kappa shape index (κ2) is 5.45. The molecule has 0 atom stereocenters. The lowest BCUT2D eigenvalue weighted by atomic mass is 10.3. The molecule has 0 spiro atoms. The van der Waals surface area contributed by atoms with Crippen molar-refractivity contribution in [3.05, 3.63) is 33.8 Å². The number of nitrogens with one attached hydrogen (secondary N) is 1. The van der Waals surface area contributed by atoms with Crippen LogP contribution >= 0.6 is 27.5 Å². The zero-order valence-electron chi connectivity index (χ0n) is 9.12. The van der Waals surface area contributed by atoms with E-state index >= 15 is 0 Å². The average Bonchev–Trinajstić information content (AvgIpc) is 2.32. The minimum Gasteiger partial charge on any atom is -0.423 e. The molecule has 0 saturated heterocycles. The summed E-state index contributed by atoms with van der Waals surface area (Å²) >= 11 is 8.88. The Labute approximate surface area is 116 Å². The van der Waals surface area contributed by atoms with Crippen LogP contribution in [0.5, 0.6) is 11.8 Å². The third-order valence-corrected chi connectivity index (χ3v) is 2.70. The van der Waals surface area contributed by atoms with E-state index in [0.29, 0.717) is 10.2 Å². The van der Waals surface area contributed by atoms with Gasteiger partial charge >= 0.3 is 6.01 Å². The van der Waals surface area contributed by atoms with Crippen molar-refractivity contribution in [3.63, 3.8) is 0 Å². The normalized spacial score (nSPS) is 10.2. The fourth-order valence-corrected chi connectivity index (χ4v) is 1.73. The largest absolute Gasteiger partial charge is 0.423 e. The van der Waals surface area contributed by atoms with Gasteiger partial charge < -0.3 is 10.1 Å². The van der Waals surface area contributed by atoms with E-state index in [9.17, 15) is 4.39 Å². The summed E-state index contributed by atoms with van der Waals surface area (Å²) < 4.78 is 18.7. The van der Waals surface area contributed by atoms with Crippen LogP contribution in [0.2, 0.25) is 5.28 Å². The smallest absolute Gasteiger partial charge is 0.328 e. The molecule has 0 bridgehead atoms. The van der Waals surface area contributed by atoms with Crippen molar-refractivity contribution in [2.45, 2.75) is 0 Å². The molecule has 0 aliphatic heterocycles. The number of aromatic nitrogens is 3. The molecule has 18 heavy (non-hydrogen) atoms.